The summed E-state index contributed by atoms with van der Waals surface area (Å²) in [7, 11) is 0. The van der Waals surface area contributed by atoms with Crippen molar-refractivity contribution in [2.45, 2.75) is 58.7 Å². The number of rotatable bonds is 3. The van der Waals surface area contributed by atoms with Crippen LogP contribution in [-0.4, -0.2) is 42.5 Å². The van der Waals surface area contributed by atoms with Crippen molar-refractivity contribution in [1.82, 2.24) is 0 Å². The van der Waals surface area contributed by atoms with E-state index in [-0.39, 0.29) is 6.42 Å². The molecule has 19 heavy (non-hydrogen) atoms. The molecule has 0 aromatic carbocycles. The molecule has 0 aliphatic carbocycles. The summed E-state index contributed by atoms with van der Waals surface area (Å²) in [5.41, 5.74) is 0. The Bertz CT molecular complexity index is 365. The van der Waals surface area contributed by atoms with Crippen molar-refractivity contribution in [3.8, 4) is 0 Å². The Hall–Kier alpha value is -1.63. The monoisotopic (exact) mass is 274 g/mol. The van der Waals surface area contributed by atoms with Gasteiger partial charge in [-0.25, -0.2) is 0 Å². The van der Waals surface area contributed by atoms with Crippen LogP contribution >= 0.6 is 0 Å². The molecule has 1 rings (SSSR count). The van der Waals surface area contributed by atoms with Crippen LogP contribution in [0.1, 0.15) is 34.1 Å². The van der Waals surface area contributed by atoms with Crippen LogP contribution in [-0.2, 0) is 33.3 Å². The molecule has 0 aromatic rings. The molecule has 0 aromatic heterocycles. The SMILES string of the molecule is CC(=O)O[C@H]1C[C@@H](OC(C)=O)[C@H](OC(C)=O)[C@@H](C)O1. The summed E-state index contributed by atoms with van der Waals surface area (Å²) in [4.78, 5) is 33.0. The third-order valence-electron chi connectivity index (χ3n) is 2.54. The molecule has 4 atom stereocenters. The van der Waals surface area contributed by atoms with E-state index in [1.54, 1.807) is 6.92 Å². The van der Waals surface area contributed by atoms with Crippen LogP contribution in [0.5, 0.6) is 0 Å². The van der Waals surface area contributed by atoms with Gasteiger partial charge in [0.2, 0.25) is 6.29 Å². The highest BCUT2D eigenvalue weighted by atomic mass is 16.7. The minimum Gasteiger partial charge on any atom is -0.458 e. The summed E-state index contributed by atoms with van der Waals surface area (Å²) in [5, 5.41) is 0. The summed E-state index contributed by atoms with van der Waals surface area (Å²) in [5.74, 6) is -1.49. The number of ether oxygens (including phenoxy) is 4. The number of esters is 3. The second-order valence-corrected chi connectivity index (χ2v) is 4.34. The Labute approximate surface area is 111 Å². The molecule has 0 amide bonds. The summed E-state index contributed by atoms with van der Waals surface area (Å²) < 4.78 is 20.5. The van der Waals surface area contributed by atoms with Gasteiger partial charge in [-0.2, -0.15) is 0 Å². The van der Waals surface area contributed by atoms with Gasteiger partial charge in [-0.05, 0) is 6.92 Å². The number of hydrogen-bond acceptors (Lipinski definition) is 7. The van der Waals surface area contributed by atoms with Gasteiger partial charge in [0, 0.05) is 20.8 Å². The van der Waals surface area contributed by atoms with E-state index in [4.69, 9.17) is 18.9 Å². The molecule has 1 saturated heterocycles. The van der Waals surface area contributed by atoms with E-state index in [0.29, 0.717) is 0 Å². The van der Waals surface area contributed by atoms with E-state index >= 15 is 0 Å². The largest absolute Gasteiger partial charge is 0.458 e. The summed E-state index contributed by atoms with van der Waals surface area (Å²) in [6.45, 7) is 5.42. The minimum atomic E-state index is -0.816. The smallest absolute Gasteiger partial charge is 0.304 e. The zero-order valence-corrected chi connectivity index (χ0v) is 11.4. The fraction of sp³-hybridized carbons (Fsp3) is 0.750. The fourth-order valence-electron chi connectivity index (χ4n) is 1.95. The molecular formula is C12H18O7. The van der Waals surface area contributed by atoms with Crippen molar-refractivity contribution < 1.29 is 33.3 Å². The van der Waals surface area contributed by atoms with Crippen molar-refractivity contribution in [2.24, 2.45) is 0 Å². The lowest BCUT2D eigenvalue weighted by molar-refractivity contribution is -0.250. The standard InChI is InChI=1S/C12H18O7/c1-6-12(19-9(4)15)10(17-7(2)13)5-11(16-6)18-8(3)14/h6,10-12H,5H2,1-4H3/t6-,10-,11+,12-/m1/s1. The van der Waals surface area contributed by atoms with Gasteiger partial charge in [-0.1, -0.05) is 0 Å². The Kier molecular flexibility index (Phi) is 5.29. The predicted octanol–water partition coefficient (Wildman–Crippen LogP) is 0.548. The van der Waals surface area contributed by atoms with E-state index in [9.17, 15) is 14.4 Å². The van der Waals surface area contributed by atoms with E-state index in [0.717, 1.165) is 0 Å². The first-order chi connectivity index (χ1) is 8.79. The first-order valence-electron chi connectivity index (χ1n) is 5.96. The van der Waals surface area contributed by atoms with Gasteiger partial charge in [-0.15, -0.1) is 0 Å². The molecule has 0 N–H and O–H groups in total. The lowest BCUT2D eigenvalue weighted by atomic mass is 10.0. The van der Waals surface area contributed by atoms with Gasteiger partial charge in [0.1, 0.15) is 6.10 Å². The maximum absolute atomic E-state index is 11.1. The zero-order valence-electron chi connectivity index (χ0n) is 11.4. The van der Waals surface area contributed by atoms with Gasteiger partial charge in [0.25, 0.3) is 0 Å². The Balaban J connectivity index is 2.77. The molecule has 1 aliphatic heterocycles. The molecule has 7 heteroatoms. The van der Waals surface area contributed by atoms with E-state index in [1.807, 2.05) is 0 Å². The number of carbonyl (C=O) groups is 3. The number of hydrogen-bond donors (Lipinski definition) is 0. The zero-order chi connectivity index (χ0) is 14.6. The normalized spacial score (nSPS) is 30.3. The Morgan fingerprint density at radius 1 is 0.947 bits per heavy atom. The third kappa shape index (κ3) is 4.86. The molecule has 1 heterocycles. The molecule has 1 aliphatic rings. The molecule has 0 spiro atoms. The minimum absolute atomic E-state index is 0.126. The second-order valence-electron chi connectivity index (χ2n) is 4.34. The lowest BCUT2D eigenvalue weighted by Gasteiger charge is -2.38. The second kappa shape index (κ2) is 6.51. The van der Waals surface area contributed by atoms with Crippen LogP contribution in [0, 0.1) is 0 Å². The van der Waals surface area contributed by atoms with Crippen LogP contribution in [0.2, 0.25) is 0 Å². The maximum atomic E-state index is 11.1. The highest BCUT2D eigenvalue weighted by Crippen LogP contribution is 2.26. The van der Waals surface area contributed by atoms with E-state index in [1.165, 1.54) is 20.8 Å². The van der Waals surface area contributed by atoms with Crippen LogP contribution < -0.4 is 0 Å². The highest BCUT2D eigenvalue weighted by molar-refractivity contribution is 5.67. The van der Waals surface area contributed by atoms with Crippen molar-refractivity contribution in [3.63, 3.8) is 0 Å². The fourth-order valence-corrected chi connectivity index (χ4v) is 1.95. The molecule has 0 saturated carbocycles. The van der Waals surface area contributed by atoms with Crippen molar-refractivity contribution in [1.29, 1.82) is 0 Å². The molecule has 0 unspecified atom stereocenters. The van der Waals surface area contributed by atoms with Crippen molar-refractivity contribution >= 4 is 17.9 Å². The van der Waals surface area contributed by atoms with Gasteiger partial charge >= 0.3 is 17.9 Å². The molecule has 108 valence electrons. The van der Waals surface area contributed by atoms with Crippen LogP contribution in [0.15, 0.2) is 0 Å². The molecule has 0 bridgehead atoms. The molecular weight excluding hydrogens is 256 g/mol. The van der Waals surface area contributed by atoms with E-state index < -0.39 is 42.5 Å². The quantitative estimate of drug-likeness (QED) is 0.548. The van der Waals surface area contributed by atoms with Gasteiger partial charge < -0.3 is 18.9 Å². The van der Waals surface area contributed by atoms with Crippen LogP contribution in [0.3, 0.4) is 0 Å². The summed E-state index contributed by atoms with van der Waals surface area (Å²) in [6, 6.07) is 0. The Morgan fingerprint density at radius 2 is 1.47 bits per heavy atom. The lowest BCUT2D eigenvalue weighted by Crippen LogP contribution is -2.51. The first kappa shape index (κ1) is 15.4. The number of carbonyl (C=O) groups excluding carboxylic acids is 3. The third-order valence-corrected chi connectivity index (χ3v) is 2.54. The van der Waals surface area contributed by atoms with Gasteiger partial charge in [0.15, 0.2) is 6.10 Å². The Morgan fingerprint density at radius 3 is 1.95 bits per heavy atom. The molecule has 0 radical (unpaired) electrons. The first-order valence-corrected chi connectivity index (χ1v) is 5.96. The topological polar surface area (TPSA) is 88.1 Å². The van der Waals surface area contributed by atoms with Gasteiger partial charge in [-0.3, -0.25) is 14.4 Å². The van der Waals surface area contributed by atoms with E-state index in [2.05, 4.69) is 0 Å². The average molecular weight is 274 g/mol. The maximum Gasteiger partial charge on any atom is 0.304 e. The van der Waals surface area contributed by atoms with Crippen molar-refractivity contribution in [2.75, 3.05) is 0 Å². The summed E-state index contributed by atoms with van der Waals surface area (Å²) in [6.07, 6.45) is -2.65. The summed E-state index contributed by atoms with van der Waals surface area (Å²) >= 11 is 0. The average Bonchev–Trinajstić information content (AvgIpc) is 2.21. The molecule has 1 fully saturated rings. The highest BCUT2D eigenvalue weighted by Gasteiger charge is 2.42. The molecule has 7 nitrogen and oxygen atoms in total. The van der Waals surface area contributed by atoms with Crippen molar-refractivity contribution in [3.05, 3.63) is 0 Å². The van der Waals surface area contributed by atoms with Crippen LogP contribution in [0.4, 0.5) is 0 Å². The van der Waals surface area contributed by atoms with Crippen LogP contribution in [0.25, 0.3) is 0 Å². The predicted molar refractivity (Wildman–Crippen MR) is 61.8 cm³/mol. The van der Waals surface area contributed by atoms with Gasteiger partial charge in [0.05, 0.1) is 12.5 Å².